The predicted molar refractivity (Wildman–Crippen MR) is 117 cm³/mol. The van der Waals surface area contributed by atoms with Gasteiger partial charge in [0.15, 0.2) is 5.13 Å². The number of thiazole rings is 1. The van der Waals surface area contributed by atoms with Crippen LogP contribution in [0, 0.1) is 0 Å². The maximum absolute atomic E-state index is 12.6. The third kappa shape index (κ3) is 5.69. The highest BCUT2D eigenvalue weighted by Crippen LogP contribution is 2.33. The normalized spacial score (nSPS) is 10.9. The fourth-order valence-corrected chi connectivity index (χ4v) is 3.67. The lowest BCUT2D eigenvalue weighted by Crippen LogP contribution is -2.12. The van der Waals surface area contributed by atoms with Gasteiger partial charge in [-0.2, -0.15) is 13.8 Å². The molecule has 8 nitrogen and oxygen atoms in total. The number of aryl methyl sites for hydroxylation is 1. The monoisotopic (exact) mass is 472 g/mol. The summed E-state index contributed by atoms with van der Waals surface area (Å²) in [6.07, 6.45) is 0.350. The average Bonchev–Trinajstić information content (AvgIpc) is 3.48. The Kier molecular flexibility index (Phi) is 6.89. The highest BCUT2D eigenvalue weighted by atomic mass is 32.1. The Hall–Kier alpha value is -3.86. The minimum atomic E-state index is -2.95. The first-order valence-electron chi connectivity index (χ1n) is 9.78. The number of hydrogen-bond acceptors (Lipinski definition) is 8. The van der Waals surface area contributed by atoms with Gasteiger partial charge in [-0.3, -0.25) is 4.79 Å². The molecule has 0 unspecified atom stereocenters. The smallest absolute Gasteiger partial charge is 0.387 e. The Morgan fingerprint density at radius 1 is 1.15 bits per heavy atom. The third-order valence-electron chi connectivity index (χ3n) is 4.51. The van der Waals surface area contributed by atoms with Gasteiger partial charge in [0.1, 0.15) is 11.5 Å². The van der Waals surface area contributed by atoms with Crippen LogP contribution in [-0.2, 0) is 11.2 Å². The first-order valence-corrected chi connectivity index (χ1v) is 10.7. The first-order chi connectivity index (χ1) is 16.0. The number of halogens is 2. The van der Waals surface area contributed by atoms with E-state index in [9.17, 15) is 13.6 Å². The van der Waals surface area contributed by atoms with Crippen molar-refractivity contribution in [3.63, 3.8) is 0 Å². The first kappa shape index (κ1) is 22.3. The van der Waals surface area contributed by atoms with Crippen molar-refractivity contribution in [1.29, 1.82) is 0 Å². The van der Waals surface area contributed by atoms with Crippen LogP contribution in [0.2, 0.25) is 0 Å². The van der Waals surface area contributed by atoms with Crippen molar-refractivity contribution >= 4 is 22.4 Å². The van der Waals surface area contributed by atoms with Gasteiger partial charge < -0.3 is 19.3 Å². The highest BCUT2D eigenvalue weighted by Gasteiger charge is 2.15. The van der Waals surface area contributed by atoms with Crippen LogP contribution in [-0.4, -0.2) is 34.8 Å². The molecular formula is C22H18F2N4O4S. The van der Waals surface area contributed by atoms with Gasteiger partial charge in [-0.05, 0) is 36.4 Å². The fourth-order valence-electron chi connectivity index (χ4n) is 2.95. The number of alkyl halides is 2. The summed E-state index contributed by atoms with van der Waals surface area (Å²) in [7, 11) is 1.58. The molecule has 0 aliphatic carbocycles. The lowest BCUT2D eigenvalue weighted by molar-refractivity contribution is -0.116. The van der Waals surface area contributed by atoms with Crippen LogP contribution in [0.15, 0.2) is 58.4 Å². The summed E-state index contributed by atoms with van der Waals surface area (Å²) in [4.78, 5) is 20.9. The summed E-state index contributed by atoms with van der Waals surface area (Å²) in [6, 6.07) is 13.5. The van der Waals surface area contributed by atoms with Gasteiger partial charge in [0.05, 0.1) is 12.8 Å². The molecule has 0 atom stereocenters. The van der Waals surface area contributed by atoms with Crippen molar-refractivity contribution in [2.24, 2.45) is 0 Å². The topological polar surface area (TPSA) is 99.4 Å². The van der Waals surface area contributed by atoms with Crippen molar-refractivity contribution in [1.82, 2.24) is 15.1 Å². The Morgan fingerprint density at radius 3 is 2.70 bits per heavy atom. The van der Waals surface area contributed by atoms with E-state index >= 15 is 0 Å². The van der Waals surface area contributed by atoms with Crippen LogP contribution < -0.4 is 14.8 Å². The number of methoxy groups -OCH3 is 1. The van der Waals surface area contributed by atoms with Crippen LogP contribution >= 0.6 is 11.3 Å². The van der Waals surface area contributed by atoms with E-state index in [0.29, 0.717) is 28.1 Å². The Morgan fingerprint density at radius 2 is 1.94 bits per heavy atom. The number of carbonyl (C=O) groups excluding carboxylic acids is 1. The van der Waals surface area contributed by atoms with Crippen LogP contribution in [0.3, 0.4) is 0 Å². The van der Waals surface area contributed by atoms with E-state index in [4.69, 9.17) is 9.26 Å². The number of nitrogens with zero attached hydrogens (tertiary/aromatic N) is 3. The van der Waals surface area contributed by atoms with E-state index in [-0.39, 0.29) is 24.5 Å². The zero-order valence-corrected chi connectivity index (χ0v) is 18.1. The van der Waals surface area contributed by atoms with Crippen LogP contribution in [0.5, 0.6) is 11.5 Å². The second kappa shape index (κ2) is 10.2. The molecule has 0 saturated heterocycles. The molecule has 0 aliphatic rings. The summed E-state index contributed by atoms with van der Waals surface area (Å²) in [6.45, 7) is -2.95. The van der Waals surface area contributed by atoms with E-state index in [1.165, 1.54) is 17.4 Å². The second-order valence-electron chi connectivity index (χ2n) is 6.70. The van der Waals surface area contributed by atoms with Gasteiger partial charge in [0.25, 0.3) is 0 Å². The van der Waals surface area contributed by atoms with Crippen LogP contribution in [0.1, 0.15) is 12.3 Å². The SMILES string of the molecule is COc1ccc(-c2noc(CCC(=O)Nc3nc(-c4ccccc4OC(F)F)cs3)n2)cc1. The zero-order valence-electron chi connectivity index (χ0n) is 17.3. The molecule has 0 fully saturated rings. The van der Waals surface area contributed by atoms with Gasteiger partial charge in [0.2, 0.25) is 17.6 Å². The van der Waals surface area contributed by atoms with E-state index < -0.39 is 6.61 Å². The number of aromatic nitrogens is 3. The summed E-state index contributed by atoms with van der Waals surface area (Å²) >= 11 is 1.18. The van der Waals surface area contributed by atoms with Gasteiger partial charge in [-0.25, -0.2) is 4.98 Å². The second-order valence-corrected chi connectivity index (χ2v) is 7.56. The average molecular weight is 472 g/mol. The summed E-state index contributed by atoms with van der Waals surface area (Å²) in [5.74, 6) is 1.18. The number of para-hydroxylation sites is 1. The standard InChI is InChI=1S/C22H18F2N4O4S/c1-30-14-8-6-13(7-9-14)20-27-19(32-28-20)11-10-18(29)26-22-25-16(12-33-22)15-4-2-3-5-17(15)31-21(23)24/h2-9,12,21H,10-11H2,1H3,(H,25,26,29). The minimum absolute atomic E-state index is 0.0136. The Bertz CT molecular complexity index is 1230. The van der Waals surface area contributed by atoms with Crippen LogP contribution in [0.25, 0.3) is 22.6 Å². The zero-order chi connectivity index (χ0) is 23.2. The van der Waals surface area contributed by atoms with Crippen molar-refractivity contribution in [3.05, 3.63) is 59.8 Å². The lowest BCUT2D eigenvalue weighted by Gasteiger charge is -2.08. The number of hydrogen-bond donors (Lipinski definition) is 1. The van der Waals surface area contributed by atoms with Gasteiger partial charge >= 0.3 is 6.61 Å². The Balaban J connectivity index is 1.34. The predicted octanol–water partition coefficient (Wildman–Crippen LogP) is 5.04. The molecule has 0 bridgehead atoms. The maximum Gasteiger partial charge on any atom is 0.387 e. The number of benzene rings is 2. The Labute approximate surface area is 191 Å². The summed E-state index contributed by atoms with van der Waals surface area (Å²) < 4.78 is 40.1. The van der Waals surface area contributed by atoms with Gasteiger partial charge in [0, 0.05) is 29.3 Å². The third-order valence-corrected chi connectivity index (χ3v) is 5.27. The molecule has 2 aromatic heterocycles. The molecule has 4 rings (SSSR count). The molecule has 4 aromatic rings. The molecule has 0 saturated carbocycles. The number of amides is 1. The molecule has 1 N–H and O–H groups in total. The van der Waals surface area contributed by atoms with E-state index in [2.05, 4.69) is 25.2 Å². The molecule has 33 heavy (non-hydrogen) atoms. The van der Waals surface area contributed by atoms with Gasteiger partial charge in [-0.1, -0.05) is 17.3 Å². The molecule has 2 aromatic carbocycles. The molecule has 0 radical (unpaired) electrons. The molecular weight excluding hydrogens is 454 g/mol. The highest BCUT2D eigenvalue weighted by molar-refractivity contribution is 7.14. The molecule has 0 aliphatic heterocycles. The van der Waals surface area contributed by atoms with Gasteiger partial charge in [-0.15, -0.1) is 11.3 Å². The number of nitrogens with one attached hydrogen (secondary N) is 1. The van der Waals surface area contributed by atoms with Crippen molar-refractivity contribution in [3.8, 4) is 34.1 Å². The largest absolute Gasteiger partial charge is 0.497 e. The quantitative estimate of drug-likeness (QED) is 0.364. The summed E-state index contributed by atoms with van der Waals surface area (Å²) in [5.41, 5.74) is 1.60. The van der Waals surface area contributed by atoms with Crippen molar-refractivity contribution in [2.75, 3.05) is 12.4 Å². The van der Waals surface area contributed by atoms with Crippen molar-refractivity contribution in [2.45, 2.75) is 19.5 Å². The van der Waals surface area contributed by atoms with E-state index in [1.54, 1.807) is 42.8 Å². The maximum atomic E-state index is 12.6. The van der Waals surface area contributed by atoms with Crippen molar-refractivity contribution < 1.29 is 27.6 Å². The summed E-state index contributed by atoms with van der Waals surface area (Å²) in [5, 5.41) is 8.62. The van der Waals surface area contributed by atoms with E-state index in [1.807, 2.05) is 12.1 Å². The number of carbonyl (C=O) groups is 1. The van der Waals surface area contributed by atoms with Crippen LogP contribution in [0.4, 0.5) is 13.9 Å². The molecule has 0 spiro atoms. The lowest BCUT2D eigenvalue weighted by atomic mass is 10.1. The number of anilines is 1. The molecule has 1 amide bonds. The minimum Gasteiger partial charge on any atom is -0.497 e. The van der Waals surface area contributed by atoms with E-state index in [0.717, 1.165) is 11.3 Å². The fraction of sp³-hybridized carbons (Fsp3) is 0.182. The molecule has 2 heterocycles. The molecule has 170 valence electrons. The molecule has 11 heteroatoms. The number of ether oxygens (including phenoxy) is 2. The number of rotatable bonds is 9.